The van der Waals surface area contributed by atoms with Crippen LogP contribution >= 0.6 is 0 Å². The number of rotatable bonds is 7. The number of pyridine rings is 1. The molecule has 182 valence electrons. The van der Waals surface area contributed by atoms with Gasteiger partial charge >= 0.3 is 0 Å². The summed E-state index contributed by atoms with van der Waals surface area (Å²) in [5, 5.41) is 0. The highest BCUT2D eigenvalue weighted by Crippen LogP contribution is 2.22. The number of likely N-dealkylation sites (tertiary alicyclic amines) is 1. The van der Waals surface area contributed by atoms with E-state index in [1.165, 1.54) is 6.42 Å². The van der Waals surface area contributed by atoms with Crippen molar-refractivity contribution in [3.63, 3.8) is 0 Å². The van der Waals surface area contributed by atoms with Crippen LogP contribution in [0.25, 0.3) is 0 Å². The Labute approximate surface area is 208 Å². The number of piperazine rings is 1. The van der Waals surface area contributed by atoms with Crippen molar-refractivity contribution in [3.8, 4) is 5.75 Å². The Bertz CT molecular complexity index is 1070. The van der Waals surface area contributed by atoms with Gasteiger partial charge in [-0.3, -0.25) is 9.69 Å². The van der Waals surface area contributed by atoms with Crippen LogP contribution in [-0.2, 0) is 6.61 Å². The van der Waals surface area contributed by atoms with Gasteiger partial charge in [-0.2, -0.15) is 0 Å². The molecule has 0 aliphatic carbocycles. The van der Waals surface area contributed by atoms with Crippen LogP contribution in [-0.4, -0.2) is 66.5 Å². The van der Waals surface area contributed by atoms with Crippen molar-refractivity contribution >= 4 is 11.7 Å². The molecule has 1 aromatic heterocycles. The Hall–Kier alpha value is -3.38. The van der Waals surface area contributed by atoms with E-state index in [9.17, 15) is 4.79 Å². The number of carbonyl (C=O) groups is 1. The summed E-state index contributed by atoms with van der Waals surface area (Å²) in [6, 6.07) is 23.8. The van der Waals surface area contributed by atoms with Gasteiger partial charge in [0.15, 0.2) is 0 Å². The largest absolute Gasteiger partial charge is 0.489 e. The fourth-order valence-corrected chi connectivity index (χ4v) is 5.07. The minimum atomic E-state index is 0.144. The molecular weight excluding hydrogens is 436 g/mol. The van der Waals surface area contributed by atoms with Gasteiger partial charge in [-0.15, -0.1) is 0 Å². The third-order valence-electron chi connectivity index (χ3n) is 7.02. The lowest BCUT2D eigenvalue weighted by atomic mass is 9.96. The second-order valence-electron chi connectivity index (χ2n) is 9.53. The zero-order chi connectivity index (χ0) is 23.9. The lowest BCUT2D eigenvalue weighted by Crippen LogP contribution is -2.50. The van der Waals surface area contributed by atoms with Crippen LogP contribution in [0.1, 0.15) is 28.8 Å². The van der Waals surface area contributed by atoms with Gasteiger partial charge in [0, 0.05) is 57.6 Å². The summed E-state index contributed by atoms with van der Waals surface area (Å²) in [5.74, 6) is 2.60. The Morgan fingerprint density at radius 3 is 2.40 bits per heavy atom. The standard InChI is InChI=1S/C29H34N4O2/c34-29(26-13-11-24(12-14-26)23-35-27-8-2-1-3-9-27)33-16-6-7-25(22-33)21-31-17-19-32(20-18-31)28-10-4-5-15-30-28/h1-5,8-15,25H,6-7,16-23H2. The van der Waals surface area contributed by atoms with Gasteiger partial charge in [0.05, 0.1) is 0 Å². The summed E-state index contributed by atoms with van der Waals surface area (Å²) >= 11 is 0. The molecule has 3 heterocycles. The lowest BCUT2D eigenvalue weighted by Gasteiger charge is -2.39. The van der Waals surface area contributed by atoms with Crippen LogP contribution in [0.15, 0.2) is 79.0 Å². The molecule has 5 rings (SSSR count). The molecule has 1 amide bonds. The number of amides is 1. The SMILES string of the molecule is O=C(c1ccc(COc2ccccc2)cc1)N1CCCC(CN2CCN(c3ccccn3)CC2)C1. The molecule has 2 fully saturated rings. The number of hydrogen-bond donors (Lipinski definition) is 0. The van der Waals surface area contributed by atoms with E-state index in [1.54, 1.807) is 0 Å². The van der Waals surface area contributed by atoms with Crippen LogP contribution < -0.4 is 9.64 Å². The highest BCUT2D eigenvalue weighted by Gasteiger charge is 2.27. The Morgan fingerprint density at radius 2 is 1.66 bits per heavy atom. The zero-order valence-electron chi connectivity index (χ0n) is 20.3. The monoisotopic (exact) mass is 470 g/mol. The molecule has 0 spiro atoms. The van der Waals surface area contributed by atoms with Gasteiger partial charge in [0.25, 0.3) is 5.91 Å². The number of hydrogen-bond acceptors (Lipinski definition) is 5. The van der Waals surface area contributed by atoms with E-state index in [4.69, 9.17) is 4.74 Å². The molecule has 0 saturated carbocycles. The van der Waals surface area contributed by atoms with Gasteiger partial charge in [-0.05, 0) is 60.7 Å². The number of para-hydroxylation sites is 1. The average molecular weight is 471 g/mol. The van der Waals surface area contributed by atoms with E-state index in [2.05, 4.69) is 20.9 Å². The fraction of sp³-hybridized carbons (Fsp3) is 0.379. The minimum absolute atomic E-state index is 0.144. The minimum Gasteiger partial charge on any atom is -0.489 e. The summed E-state index contributed by atoms with van der Waals surface area (Å²) in [6.07, 6.45) is 4.13. The van der Waals surface area contributed by atoms with E-state index in [1.807, 2.05) is 77.8 Å². The molecule has 0 N–H and O–H groups in total. The average Bonchev–Trinajstić information content (AvgIpc) is 2.93. The maximum absolute atomic E-state index is 13.2. The number of ether oxygens (including phenoxy) is 1. The smallest absolute Gasteiger partial charge is 0.253 e. The third kappa shape index (κ3) is 6.20. The third-order valence-corrected chi connectivity index (χ3v) is 7.02. The second-order valence-corrected chi connectivity index (χ2v) is 9.53. The molecule has 35 heavy (non-hydrogen) atoms. The first-order valence-corrected chi connectivity index (χ1v) is 12.7. The molecule has 2 aromatic carbocycles. The number of carbonyl (C=O) groups excluding carboxylic acids is 1. The predicted octanol–water partition coefficient (Wildman–Crippen LogP) is 4.34. The van der Waals surface area contributed by atoms with Crippen LogP contribution in [0.2, 0.25) is 0 Å². The van der Waals surface area contributed by atoms with Crippen molar-refractivity contribution < 1.29 is 9.53 Å². The van der Waals surface area contributed by atoms with Crippen LogP contribution in [0, 0.1) is 5.92 Å². The summed E-state index contributed by atoms with van der Waals surface area (Å²) in [7, 11) is 0. The summed E-state index contributed by atoms with van der Waals surface area (Å²) in [6.45, 7) is 7.37. The maximum Gasteiger partial charge on any atom is 0.253 e. The normalized spacial score (nSPS) is 18.9. The van der Waals surface area contributed by atoms with E-state index in [0.29, 0.717) is 12.5 Å². The van der Waals surface area contributed by atoms with Crippen LogP contribution in [0.5, 0.6) is 5.75 Å². The summed E-state index contributed by atoms with van der Waals surface area (Å²) in [5.41, 5.74) is 1.82. The van der Waals surface area contributed by atoms with Crippen molar-refractivity contribution in [1.82, 2.24) is 14.8 Å². The highest BCUT2D eigenvalue weighted by atomic mass is 16.5. The quantitative estimate of drug-likeness (QED) is 0.514. The molecular formula is C29H34N4O2. The van der Waals surface area contributed by atoms with E-state index >= 15 is 0 Å². The van der Waals surface area contributed by atoms with Gasteiger partial charge in [0.1, 0.15) is 18.2 Å². The van der Waals surface area contributed by atoms with E-state index in [0.717, 1.165) is 74.9 Å². The molecule has 6 heteroatoms. The van der Waals surface area contributed by atoms with Crippen LogP contribution in [0.3, 0.4) is 0 Å². The van der Waals surface area contributed by atoms with E-state index in [-0.39, 0.29) is 5.91 Å². The zero-order valence-corrected chi connectivity index (χ0v) is 20.3. The molecule has 2 aliphatic rings. The molecule has 0 bridgehead atoms. The summed E-state index contributed by atoms with van der Waals surface area (Å²) < 4.78 is 5.82. The first-order chi connectivity index (χ1) is 17.2. The number of anilines is 1. The van der Waals surface area contributed by atoms with Gasteiger partial charge < -0.3 is 14.5 Å². The van der Waals surface area contributed by atoms with E-state index < -0.39 is 0 Å². The van der Waals surface area contributed by atoms with Crippen molar-refractivity contribution in [2.75, 3.05) is 50.7 Å². The molecule has 3 aromatic rings. The van der Waals surface area contributed by atoms with Crippen LogP contribution in [0.4, 0.5) is 5.82 Å². The molecule has 1 unspecified atom stereocenters. The topological polar surface area (TPSA) is 48.9 Å². The van der Waals surface area contributed by atoms with Crippen molar-refractivity contribution in [2.45, 2.75) is 19.4 Å². The Kier molecular flexibility index (Phi) is 7.59. The van der Waals surface area contributed by atoms with Gasteiger partial charge in [0.2, 0.25) is 0 Å². The van der Waals surface area contributed by atoms with Crippen molar-refractivity contribution in [1.29, 1.82) is 0 Å². The number of nitrogens with zero attached hydrogens (tertiary/aromatic N) is 4. The molecule has 2 aliphatic heterocycles. The Balaban J connectivity index is 1.10. The maximum atomic E-state index is 13.2. The fourth-order valence-electron chi connectivity index (χ4n) is 5.07. The summed E-state index contributed by atoms with van der Waals surface area (Å²) in [4.78, 5) is 24.6. The first-order valence-electron chi connectivity index (χ1n) is 12.7. The Morgan fingerprint density at radius 1 is 0.886 bits per heavy atom. The number of aromatic nitrogens is 1. The van der Waals surface area contributed by atoms with Gasteiger partial charge in [-0.25, -0.2) is 4.98 Å². The number of benzene rings is 2. The second kappa shape index (κ2) is 11.4. The molecule has 1 atom stereocenters. The first kappa shape index (κ1) is 23.4. The van der Waals surface area contributed by atoms with Crippen molar-refractivity contribution in [2.24, 2.45) is 5.92 Å². The lowest BCUT2D eigenvalue weighted by molar-refractivity contribution is 0.0637. The number of piperidine rings is 1. The van der Waals surface area contributed by atoms with Gasteiger partial charge in [-0.1, -0.05) is 36.4 Å². The molecule has 2 saturated heterocycles. The predicted molar refractivity (Wildman–Crippen MR) is 139 cm³/mol. The highest BCUT2D eigenvalue weighted by molar-refractivity contribution is 5.94. The van der Waals surface area contributed by atoms with Crippen molar-refractivity contribution in [3.05, 3.63) is 90.1 Å². The molecule has 6 nitrogen and oxygen atoms in total. The molecule has 0 radical (unpaired) electrons.